The fourth-order valence-corrected chi connectivity index (χ4v) is 4.32. The Labute approximate surface area is 134 Å². The Morgan fingerprint density at radius 2 is 1.95 bits per heavy atom. The molecule has 0 N–H and O–H groups in total. The van der Waals surface area contributed by atoms with Crippen LogP contribution in [0.1, 0.15) is 0 Å². The van der Waals surface area contributed by atoms with Crippen LogP contribution in [-0.4, -0.2) is 61.7 Å². The second-order valence-corrected chi connectivity index (χ2v) is 7.92. The highest BCUT2D eigenvalue weighted by atomic mass is 35.5. The van der Waals surface area contributed by atoms with Crippen LogP contribution >= 0.6 is 23.4 Å². The first-order valence-corrected chi connectivity index (χ1v) is 9.69. The average Bonchev–Trinajstić information content (AvgIpc) is 2.47. The number of amides is 1. The molecule has 1 saturated heterocycles. The van der Waals surface area contributed by atoms with Crippen molar-refractivity contribution in [3.05, 3.63) is 29.3 Å². The van der Waals surface area contributed by atoms with Crippen molar-refractivity contribution in [1.29, 1.82) is 0 Å². The third-order valence-corrected chi connectivity index (χ3v) is 5.96. The minimum absolute atomic E-state index is 0.0577. The molecule has 0 aliphatic carbocycles. The molecule has 0 aromatic heterocycles. The molecular formula is C13H17ClN2O3S2. The topological polar surface area (TPSA) is 57.7 Å². The number of rotatable bonds is 4. The molecule has 0 unspecified atom stereocenters. The summed E-state index contributed by atoms with van der Waals surface area (Å²) in [5, 5.41) is 0.393. The molecule has 0 atom stereocenters. The van der Waals surface area contributed by atoms with Gasteiger partial charge in [-0.3, -0.25) is 4.79 Å². The van der Waals surface area contributed by atoms with E-state index in [4.69, 9.17) is 11.6 Å². The van der Waals surface area contributed by atoms with E-state index in [0.717, 1.165) is 0 Å². The Hall–Kier alpha value is -0.760. The minimum Gasteiger partial charge on any atom is -0.339 e. The van der Waals surface area contributed by atoms with Gasteiger partial charge in [0, 0.05) is 31.2 Å². The maximum atomic E-state index is 12.5. The van der Waals surface area contributed by atoms with Crippen molar-refractivity contribution in [3.63, 3.8) is 0 Å². The summed E-state index contributed by atoms with van der Waals surface area (Å²) in [5.74, 6) is 0.489. The van der Waals surface area contributed by atoms with Crippen molar-refractivity contribution in [2.24, 2.45) is 0 Å². The van der Waals surface area contributed by atoms with Gasteiger partial charge in [-0.2, -0.15) is 16.1 Å². The molecular weight excluding hydrogens is 332 g/mol. The molecule has 1 heterocycles. The lowest BCUT2D eigenvalue weighted by atomic mass is 10.3. The predicted molar refractivity (Wildman–Crippen MR) is 85.2 cm³/mol. The van der Waals surface area contributed by atoms with Crippen LogP contribution in [0.5, 0.6) is 0 Å². The number of halogens is 1. The number of carbonyl (C=O) groups is 1. The van der Waals surface area contributed by atoms with Crippen LogP contribution in [-0.2, 0) is 14.8 Å². The van der Waals surface area contributed by atoms with E-state index in [0.29, 0.717) is 37.0 Å². The van der Waals surface area contributed by atoms with Crippen LogP contribution in [0, 0.1) is 0 Å². The zero-order chi connectivity index (χ0) is 15.5. The molecule has 1 aliphatic rings. The summed E-state index contributed by atoms with van der Waals surface area (Å²) in [6.07, 6.45) is 1.87. The van der Waals surface area contributed by atoms with Crippen molar-refractivity contribution < 1.29 is 13.2 Å². The van der Waals surface area contributed by atoms with E-state index in [1.165, 1.54) is 28.2 Å². The van der Waals surface area contributed by atoms with Crippen molar-refractivity contribution in [2.75, 3.05) is 38.2 Å². The second kappa shape index (κ2) is 7.00. The van der Waals surface area contributed by atoms with Crippen molar-refractivity contribution in [2.45, 2.75) is 4.90 Å². The smallest absolute Gasteiger partial charge is 0.243 e. The molecule has 0 radical (unpaired) electrons. The van der Waals surface area contributed by atoms with Gasteiger partial charge >= 0.3 is 0 Å². The SMILES string of the molecule is CSCC(=O)N1CCN(S(=O)(=O)c2cccc(Cl)c2)CC1. The first-order chi connectivity index (χ1) is 9.95. The Morgan fingerprint density at radius 3 is 2.52 bits per heavy atom. The second-order valence-electron chi connectivity index (χ2n) is 4.68. The Bertz CT molecular complexity index is 614. The number of hydrogen-bond donors (Lipinski definition) is 0. The van der Waals surface area contributed by atoms with Crippen LogP contribution < -0.4 is 0 Å². The largest absolute Gasteiger partial charge is 0.339 e. The first kappa shape index (κ1) is 16.6. The maximum Gasteiger partial charge on any atom is 0.243 e. The number of hydrogen-bond acceptors (Lipinski definition) is 4. The highest BCUT2D eigenvalue weighted by molar-refractivity contribution is 7.99. The third-order valence-electron chi connectivity index (χ3n) is 3.29. The standard InChI is InChI=1S/C13H17ClN2O3S2/c1-20-10-13(17)15-5-7-16(8-6-15)21(18,19)12-4-2-3-11(14)9-12/h2-4,9H,5-8,10H2,1H3. The molecule has 8 heteroatoms. The van der Waals surface area contributed by atoms with E-state index in [1.807, 2.05) is 6.26 Å². The molecule has 5 nitrogen and oxygen atoms in total. The lowest BCUT2D eigenvalue weighted by molar-refractivity contribution is -0.129. The summed E-state index contributed by atoms with van der Waals surface area (Å²) in [7, 11) is -3.54. The summed E-state index contributed by atoms with van der Waals surface area (Å²) in [5.41, 5.74) is 0. The fraction of sp³-hybridized carbons (Fsp3) is 0.462. The fourth-order valence-electron chi connectivity index (χ4n) is 2.17. The number of thioether (sulfide) groups is 1. The molecule has 1 amide bonds. The number of sulfonamides is 1. The monoisotopic (exact) mass is 348 g/mol. The van der Waals surface area contributed by atoms with E-state index in [9.17, 15) is 13.2 Å². The summed E-state index contributed by atoms with van der Waals surface area (Å²) in [6.45, 7) is 1.49. The van der Waals surface area contributed by atoms with Crippen LogP contribution in [0.15, 0.2) is 29.2 Å². The molecule has 1 aromatic carbocycles. The van der Waals surface area contributed by atoms with Gasteiger partial charge in [0.05, 0.1) is 10.6 Å². The van der Waals surface area contributed by atoms with Gasteiger partial charge in [-0.15, -0.1) is 0 Å². The summed E-state index contributed by atoms with van der Waals surface area (Å²) in [6, 6.07) is 6.24. The predicted octanol–water partition coefficient (Wildman–Crippen LogP) is 1.54. The first-order valence-electron chi connectivity index (χ1n) is 6.47. The van der Waals surface area contributed by atoms with E-state index in [-0.39, 0.29) is 10.8 Å². The number of carbonyl (C=O) groups excluding carboxylic acids is 1. The van der Waals surface area contributed by atoms with Crippen LogP contribution in [0.25, 0.3) is 0 Å². The van der Waals surface area contributed by atoms with Gasteiger partial charge in [-0.25, -0.2) is 8.42 Å². The van der Waals surface area contributed by atoms with Crippen molar-refractivity contribution in [3.8, 4) is 0 Å². The van der Waals surface area contributed by atoms with Gasteiger partial charge in [0.15, 0.2) is 0 Å². The molecule has 21 heavy (non-hydrogen) atoms. The van der Waals surface area contributed by atoms with E-state index >= 15 is 0 Å². The molecule has 116 valence electrons. The molecule has 0 bridgehead atoms. The quantitative estimate of drug-likeness (QED) is 0.828. The van der Waals surface area contributed by atoms with Crippen molar-refractivity contribution in [1.82, 2.24) is 9.21 Å². The van der Waals surface area contributed by atoms with E-state index in [1.54, 1.807) is 17.0 Å². The third kappa shape index (κ3) is 3.91. The van der Waals surface area contributed by atoms with Crippen LogP contribution in [0.2, 0.25) is 5.02 Å². The van der Waals surface area contributed by atoms with Crippen LogP contribution in [0.4, 0.5) is 0 Å². The molecule has 1 fully saturated rings. The summed E-state index contributed by atoms with van der Waals surface area (Å²) >= 11 is 7.32. The number of piperazine rings is 1. The lowest BCUT2D eigenvalue weighted by Gasteiger charge is -2.34. The Kier molecular flexibility index (Phi) is 5.54. The zero-order valence-electron chi connectivity index (χ0n) is 11.7. The summed E-state index contributed by atoms with van der Waals surface area (Å²) < 4.78 is 26.4. The molecule has 0 saturated carbocycles. The Morgan fingerprint density at radius 1 is 1.29 bits per heavy atom. The molecule has 2 rings (SSSR count). The van der Waals surface area contributed by atoms with E-state index < -0.39 is 10.0 Å². The highest BCUT2D eigenvalue weighted by Gasteiger charge is 2.29. The molecule has 1 aromatic rings. The number of benzene rings is 1. The van der Waals surface area contributed by atoms with Crippen molar-refractivity contribution >= 4 is 39.3 Å². The van der Waals surface area contributed by atoms with E-state index in [2.05, 4.69) is 0 Å². The van der Waals surface area contributed by atoms with Gasteiger partial charge in [0.1, 0.15) is 0 Å². The average molecular weight is 349 g/mol. The molecule has 1 aliphatic heterocycles. The normalized spacial score (nSPS) is 17.0. The minimum atomic E-state index is -3.54. The van der Waals surface area contributed by atoms with Gasteiger partial charge in [-0.05, 0) is 24.5 Å². The van der Waals surface area contributed by atoms with Gasteiger partial charge < -0.3 is 4.90 Å². The highest BCUT2D eigenvalue weighted by Crippen LogP contribution is 2.21. The summed E-state index contributed by atoms with van der Waals surface area (Å²) in [4.78, 5) is 13.7. The van der Waals surface area contributed by atoms with Gasteiger partial charge in [-0.1, -0.05) is 17.7 Å². The Balaban J connectivity index is 2.06. The van der Waals surface area contributed by atoms with Gasteiger partial charge in [0.25, 0.3) is 0 Å². The maximum absolute atomic E-state index is 12.5. The zero-order valence-corrected chi connectivity index (χ0v) is 14.0. The lowest BCUT2D eigenvalue weighted by Crippen LogP contribution is -2.50. The number of nitrogens with zero attached hydrogens (tertiary/aromatic N) is 2. The van der Waals surface area contributed by atoms with Crippen LogP contribution in [0.3, 0.4) is 0 Å². The van der Waals surface area contributed by atoms with Gasteiger partial charge in [0.2, 0.25) is 15.9 Å². The molecule has 0 spiro atoms.